The molecule has 1 fully saturated rings. The number of nitrogens with zero attached hydrogens (tertiary/aromatic N) is 1. The van der Waals surface area contributed by atoms with Crippen LogP contribution in [0.4, 0.5) is 8.78 Å². The number of aliphatic hydroxyl groups is 2. The Morgan fingerprint density at radius 3 is 2.75 bits per heavy atom. The van der Waals surface area contributed by atoms with Crippen LogP contribution in [0.15, 0.2) is 15.8 Å². The number of alkyl halides is 2. The Balaban J connectivity index is 2.59. The van der Waals surface area contributed by atoms with Gasteiger partial charge in [-0.2, -0.15) is 0 Å². The second-order valence-corrected chi connectivity index (χ2v) is 4.77. The molecule has 0 saturated carbocycles. The van der Waals surface area contributed by atoms with E-state index in [4.69, 9.17) is 21.4 Å². The van der Waals surface area contributed by atoms with Crippen LogP contribution in [-0.4, -0.2) is 45.0 Å². The van der Waals surface area contributed by atoms with E-state index in [0.29, 0.717) is 4.57 Å². The first-order valence-electron chi connectivity index (χ1n) is 5.58. The van der Waals surface area contributed by atoms with Crippen molar-refractivity contribution in [2.24, 2.45) is 0 Å². The van der Waals surface area contributed by atoms with Gasteiger partial charge >= 0.3 is 5.69 Å². The average Bonchev–Trinajstić information content (AvgIpc) is 2.72. The van der Waals surface area contributed by atoms with E-state index in [9.17, 15) is 23.5 Å². The number of H-pyrrole nitrogens is 1. The van der Waals surface area contributed by atoms with E-state index in [1.807, 2.05) is 0 Å². The molecule has 1 aliphatic rings. The van der Waals surface area contributed by atoms with E-state index < -0.39 is 53.7 Å². The van der Waals surface area contributed by atoms with E-state index >= 15 is 0 Å². The summed E-state index contributed by atoms with van der Waals surface area (Å²) < 4.78 is 32.1. The largest absolute Gasteiger partial charge is 0.394 e. The number of rotatable bonds is 3. The van der Waals surface area contributed by atoms with Crippen LogP contribution in [0.3, 0.4) is 0 Å². The highest BCUT2D eigenvalue weighted by Crippen LogP contribution is 2.39. The van der Waals surface area contributed by atoms with Crippen LogP contribution < -0.4 is 11.2 Å². The molecule has 3 atom stereocenters. The predicted molar refractivity (Wildman–Crippen MR) is 62.9 cm³/mol. The normalized spacial score (nSPS) is 30.1. The minimum absolute atomic E-state index is 0.431. The van der Waals surface area contributed by atoms with Gasteiger partial charge in [0, 0.05) is 12.6 Å². The topological polar surface area (TPSA) is 105 Å². The third kappa shape index (κ3) is 2.26. The maximum absolute atomic E-state index is 13.4. The highest BCUT2D eigenvalue weighted by atomic mass is 35.5. The molecule has 1 aromatic rings. The fraction of sp³-hybridized carbons (Fsp3) is 0.600. The van der Waals surface area contributed by atoms with Gasteiger partial charge in [-0.25, -0.2) is 13.6 Å². The molecule has 1 aromatic heterocycles. The maximum atomic E-state index is 13.4. The fourth-order valence-corrected chi connectivity index (χ4v) is 2.25. The van der Waals surface area contributed by atoms with Gasteiger partial charge in [0.15, 0.2) is 0 Å². The third-order valence-electron chi connectivity index (χ3n) is 3.11. The smallest absolute Gasteiger partial charge is 0.330 e. The first-order chi connectivity index (χ1) is 9.31. The molecule has 20 heavy (non-hydrogen) atoms. The molecule has 1 aliphatic heterocycles. The van der Waals surface area contributed by atoms with E-state index in [2.05, 4.69) is 0 Å². The van der Waals surface area contributed by atoms with E-state index in [1.54, 1.807) is 4.98 Å². The Hall–Kier alpha value is -1.29. The van der Waals surface area contributed by atoms with Crippen molar-refractivity contribution in [1.29, 1.82) is 0 Å². The molecular weight excluding hydrogens is 302 g/mol. The zero-order valence-electron chi connectivity index (χ0n) is 9.92. The van der Waals surface area contributed by atoms with Crippen LogP contribution in [0.25, 0.3) is 0 Å². The molecule has 112 valence electrons. The molecule has 0 spiro atoms. The summed E-state index contributed by atoms with van der Waals surface area (Å²) in [7, 11) is 0. The molecule has 0 amide bonds. The Morgan fingerprint density at radius 2 is 2.25 bits per heavy atom. The van der Waals surface area contributed by atoms with Gasteiger partial charge in [-0.1, -0.05) is 11.6 Å². The summed E-state index contributed by atoms with van der Waals surface area (Å²) in [5.74, 6) is 0. The number of nitrogens with one attached hydrogen (secondary N) is 1. The van der Waals surface area contributed by atoms with Crippen LogP contribution in [0.2, 0.25) is 5.02 Å². The Kier molecular flexibility index (Phi) is 3.96. The molecule has 3 N–H and O–H groups in total. The first kappa shape index (κ1) is 15.1. The van der Waals surface area contributed by atoms with Crippen LogP contribution in [0.1, 0.15) is 6.42 Å². The number of hydrogen-bond acceptors (Lipinski definition) is 5. The van der Waals surface area contributed by atoms with Crippen molar-refractivity contribution in [3.63, 3.8) is 0 Å². The van der Waals surface area contributed by atoms with Crippen molar-refractivity contribution in [1.82, 2.24) is 9.55 Å². The van der Waals surface area contributed by atoms with Gasteiger partial charge in [0.2, 0.25) is 5.72 Å². The molecule has 0 radical (unpaired) electrons. The summed E-state index contributed by atoms with van der Waals surface area (Å²) in [5.41, 5.74) is -4.56. The zero-order valence-corrected chi connectivity index (χ0v) is 10.7. The van der Waals surface area contributed by atoms with Crippen molar-refractivity contribution in [3.8, 4) is 0 Å². The molecule has 10 heteroatoms. The van der Waals surface area contributed by atoms with Crippen molar-refractivity contribution in [2.75, 3.05) is 6.61 Å². The summed E-state index contributed by atoms with van der Waals surface area (Å²) >= 11 is 5.52. The third-order valence-corrected chi connectivity index (χ3v) is 3.38. The monoisotopic (exact) mass is 312 g/mol. The first-order valence-corrected chi connectivity index (χ1v) is 5.96. The predicted octanol–water partition coefficient (Wildman–Crippen LogP) is -0.750. The molecule has 7 nitrogen and oxygen atoms in total. The van der Waals surface area contributed by atoms with E-state index in [0.717, 1.165) is 6.20 Å². The minimum Gasteiger partial charge on any atom is -0.394 e. The van der Waals surface area contributed by atoms with Crippen LogP contribution in [0, 0.1) is 0 Å². The minimum atomic E-state index is -3.19. The van der Waals surface area contributed by atoms with Gasteiger partial charge in [0.1, 0.15) is 11.1 Å². The van der Waals surface area contributed by atoms with Gasteiger partial charge in [0.05, 0.1) is 12.7 Å². The Labute approximate surface area is 115 Å². The Morgan fingerprint density at radius 1 is 1.60 bits per heavy atom. The highest BCUT2D eigenvalue weighted by Gasteiger charge is 2.54. The quantitative estimate of drug-likeness (QED) is 0.681. The van der Waals surface area contributed by atoms with E-state index in [1.165, 1.54) is 0 Å². The summed E-state index contributed by atoms with van der Waals surface area (Å²) in [4.78, 5) is 24.6. The van der Waals surface area contributed by atoms with Crippen molar-refractivity contribution in [3.05, 3.63) is 32.1 Å². The maximum Gasteiger partial charge on any atom is 0.330 e. The lowest BCUT2D eigenvalue weighted by molar-refractivity contribution is -0.193. The molecule has 2 rings (SSSR count). The van der Waals surface area contributed by atoms with Gasteiger partial charge < -0.3 is 14.9 Å². The number of aromatic amines is 1. The molecule has 0 aromatic carbocycles. The lowest BCUT2D eigenvalue weighted by atomic mass is 10.1. The summed E-state index contributed by atoms with van der Waals surface area (Å²) in [6.07, 6.45) is -5.74. The van der Waals surface area contributed by atoms with Crippen molar-refractivity contribution < 1.29 is 23.7 Å². The lowest BCUT2D eigenvalue weighted by Crippen LogP contribution is -2.49. The van der Waals surface area contributed by atoms with Crippen molar-refractivity contribution >= 4 is 11.6 Å². The van der Waals surface area contributed by atoms with E-state index in [-0.39, 0.29) is 0 Å². The summed E-state index contributed by atoms with van der Waals surface area (Å²) in [6.45, 7) is -0.693. The summed E-state index contributed by atoms with van der Waals surface area (Å²) in [6, 6.07) is 0. The molecule has 1 saturated heterocycles. The molecule has 0 unspecified atom stereocenters. The van der Waals surface area contributed by atoms with Gasteiger partial charge in [-0.05, 0) is 0 Å². The van der Waals surface area contributed by atoms with Crippen LogP contribution in [0.5, 0.6) is 0 Å². The number of aromatic nitrogens is 2. The molecular formula is C10H11ClF2N2O5. The molecule has 2 heterocycles. The van der Waals surface area contributed by atoms with Crippen LogP contribution >= 0.6 is 11.6 Å². The second-order valence-electron chi connectivity index (χ2n) is 4.36. The number of hydrogen-bond donors (Lipinski definition) is 3. The number of halogens is 3. The number of aliphatic hydroxyl groups excluding tert-OH is 2. The Bertz CT molecular complexity index is 618. The lowest BCUT2D eigenvalue weighted by Gasteiger charge is -2.29. The molecule has 0 aliphatic carbocycles. The zero-order chi connectivity index (χ0) is 15.1. The van der Waals surface area contributed by atoms with Gasteiger partial charge in [-0.3, -0.25) is 14.3 Å². The average molecular weight is 313 g/mol. The van der Waals surface area contributed by atoms with Crippen LogP contribution in [-0.2, 0) is 10.5 Å². The number of ether oxygens (including phenoxy) is 1. The summed E-state index contributed by atoms with van der Waals surface area (Å²) in [5, 5.41) is 18.1. The fourth-order valence-electron chi connectivity index (χ4n) is 2.11. The van der Waals surface area contributed by atoms with Crippen molar-refractivity contribution in [2.45, 2.75) is 30.8 Å². The molecule has 0 bridgehead atoms. The SMILES string of the molecule is O=c1[nH]c(=O)n([C@@]2(C(F)F)C[C@H](O)[C@@H](CO)O2)cc1Cl. The van der Waals surface area contributed by atoms with Gasteiger partial charge in [0.25, 0.3) is 12.0 Å². The second kappa shape index (κ2) is 5.24. The standard InChI is InChI=1S/C10H11ClF2N2O5/c11-4-2-15(9(19)14-7(4)18)10(8(12)13)1-5(17)6(3-16)20-10/h2,5-6,8,16-17H,1,3H2,(H,14,18,19)/t5-,6+,10-/m0/s1. The van der Waals surface area contributed by atoms with Gasteiger partial charge in [-0.15, -0.1) is 0 Å². The highest BCUT2D eigenvalue weighted by molar-refractivity contribution is 6.30.